The van der Waals surface area contributed by atoms with Gasteiger partial charge >= 0.3 is 11.9 Å². The smallest absolute Gasteiger partial charge is 0.406 e. The number of allylic oxidation sites excluding steroid dienone is 4. The summed E-state index contributed by atoms with van der Waals surface area (Å²) in [6.07, 6.45) is -0.511. The second-order valence-electron chi connectivity index (χ2n) is 6.86. The van der Waals surface area contributed by atoms with E-state index in [1.807, 2.05) is 0 Å². The molecule has 174 valence electrons. The van der Waals surface area contributed by atoms with E-state index < -0.39 is 33.5 Å². The van der Waals surface area contributed by atoms with E-state index in [1.54, 1.807) is 6.92 Å². The Bertz CT molecular complexity index is 1080. The first-order chi connectivity index (χ1) is 14.9. The normalized spacial score (nSPS) is 16.3. The van der Waals surface area contributed by atoms with Crippen molar-refractivity contribution in [1.82, 2.24) is 0 Å². The summed E-state index contributed by atoms with van der Waals surface area (Å²) in [6.45, 7) is 7.29. The fourth-order valence-corrected chi connectivity index (χ4v) is 4.62. The molecule has 0 spiro atoms. The topological polar surface area (TPSA) is 85.8 Å². The van der Waals surface area contributed by atoms with Gasteiger partial charge in [-0.25, -0.2) is 12.8 Å². The minimum atomic E-state index is -4.91. The summed E-state index contributed by atoms with van der Waals surface area (Å²) in [5.41, 5.74) is 4.69. The number of thioether (sulfide) groups is 1. The highest BCUT2D eigenvalue weighted by Gasteiger charge is 2.37. The lowest BCUT2D eigenvalue weighted by Crippen LogP contribution is -2.20. The third kappa shape index (κ3) is 7.01. The van der Waals surface area contributed by atoms with Crippen LogP contribution in [0.5, 0.6) is 0 Å². The van der Waals surface area contributed by atoms with Crippen LogP contribution in [0.1, 0.15) is 25.3 Å². The van der Waals surface area contributed by atoms with Crippen LogP contribution < -0.4 is 10.5 Å². The molecular formula is C20H22F4N3O3S2+. The highest BCUT2D eigenvalue weighted by atomic mass is 32.2. The van der Waals surface area contributed by atoms with Crippen LogP contribution in [-0.2, 0) is 20.3 Å². The number of hydrogen-bond acceptors (Lipinski definition) is 5. The number of nitrogens with one attached hydrogen (secondary N) is 1. The average molecular weight is 493 g/mol. The molecule has 1 aromatic carbocycles. The molecule has 32 heavy (non-hydrogen) atoms. The summed E-state index contributed by atoms with van der Waals surface area (Å²) in [5, 5.41) is 0. The summed E-state index contributed by atoms with van der Waals surface area (Å²) in [5.74, 6) is -0.366. The number of nitrogens with zero attached hydrogens (tertiary/aromatic N) is 1. The first-order valence-electron chi connectivity index (χ1n) is 9.27. The van der Waals surface area contributed by atoms with Crippen molar-refractivity contribution in [3.8, 4) is 6.57 Å². The molecule has 0 saturated heterocycles. The summed E-state index contributed by atoms with van der Waals surface area (Å²) >= 11 is 1.46. The number of alkyl halides is 3. The summed E-state index contributed by atoms with van der Waals surface area (Å²) < 4.78 is 83.0. The van der Waals surface area contributed by atoms with Gasteiger partial charge in [-0.05, 0) is 42.8 Å². The van der Waals surface area contributed by atoms with Crippen LogP contribution in [0.2, 0.25) is 0 Å². The van der Waals surface area contributed by atoms with Gasteiger partial charge in [0.1, 0.15) is 11.6 Å². The van der Waals surface area contributed by atoms with E-state index >= 15 is 0 Å². The number of halogens is 4. The molecule has 0 aliphatic heterocycles. The quantitative estimate of drug-likeness (QED) is 0.286. The number of ether oxygens (including phenoxy) is 1. The third-order valence-electron chi connectivity index (χ3n) is 4.56. The molecular weight excluding hydrogens is 470 g/mol. The molecule has 6 nitrogen and oxygen atoms in total. The van der Waals surface area contributed by atoms with Gasteiger partial charge in [-0.2, -0.15) is 0 Å². The van der Waals surface area contributed by atoms with Crippen molar-refractivity contribution in [2.24, 2.45) is 5.73 Å². The van der Waals surface area contributed by atoms with Gasteiger partial charge in [0.15, 0.2) is 0 Å². The van der Waals surface area contributed by atoms with Crippen molar-refractivity contribution in [1.29, 1.82) is 0 Å². The summed E-state index contributed by atoms with van der Waals surface area (Å²) in [6, 6.07) is 3.82. The molecule has 12 heteroatoms. The maximum Gasteiger partial charge on any atom is 0.573 e. The highest BCUT2D eigenvalue weighted by molar-refractivity contribution is 7.99. The zero-order chi connectivity index (χ0) is 24.0. The van der Waals surface area contributed by atoms with Crippen LogP contribution in [0, 0.1) is 12.4 Å². The largest absolute Gasteiger partial charge is 0.573 e. The van der Waals surface area contributed by atoms with E-state index in [-0.39, 0.29) is 17.0 Å². The lowest BCUT2D eigenvalue weighted by Gasteiger charge is -2.16. The van der Waals surface area contributed by atoms with Gasteiger partial charge in [0, 0.05) is 30.5 Å². The Hall–Kier alpha value is -2.49. The zero-order valence-electron chi connectivity index (χ0n) is 17.0. The minimum absolute atomic E-state index is 0.139. The Morgan fingerprint density at radius 2 is 2.00 bits per heavy atom. The number of rotatable bonds is 9. The SMILES string of the molecule is C#[N+]C(C)(CCSCN)c1ccc(F)c(NS(=O)(=O)C2=CCC=C(OC(F)(F)F)C=C2)c1. The van der Waals surface area contributed by atoms with Crippen LogP contribution in [0.25, 0.3) is 4.85 Å². The lowest BCUT2D eigenvalue weighted by atomic mass is 9.90. The van der Waals surface area contributed by atoms with Gasteiger partial charge in [0.25, 0.3) is 16.6 Å². The van der Waals surface area contributed by atoms with E-state index in [2.05, 4.69) is 14.3 Å². The molecule has 0 saturated carbocycles. The molecule has 1 aliphatic carbocycles. The maximum absolute atomic E-state index is 14.4. The molecule has 1 atom stereocenters. The zero-order valence-corrected chi connectivity index (χ0v) is 18.7. The second-order valence-corrected chi connectivity index (χ2v) is 9.69. The Labute approximate surface area is 188 Å². The van der Waals surface area contributed by atoms with Gasteiger partial charge in [0.2, 0.25) is 0 Å². The van der Waals surface area contributed by atoms with Gasteiger partial charge in [0.05, 0.1) is 10.6 Å². The summed E-state index contributed by atoms with van der Waals surface area (Å²) in [4.78, 5) is 3.54. The van der Waals surface area contributed by atoms with Crippen LogP contribution >= 0.6 is 11.8 Å². The standard InChI is InChI=1S/C20H22F4N3O3S2/c1-19(26-2,10-11-31-13-25)14-6-9-17(21)18(12-14)27-32(28,29)16-5-3-4-15(7-8-16)30-20(22,23)24/h2,4-9,12,27H,3,10-11,13,25H2,1H3/q+1. The maximum atomic E-state index is 14.4. The van der Waals surface area contributed by atoms with Crippen LogP contribution in [0.15, 0.2) is 53.2 Å². The molecule has 2 rings (SSSR count). The second kappa shape index (κ2) is 10.4. The fraction of sp³-hybridized carbons (Fsp3) is 0.350. The van der Waals surface area contributed by atoms with Crippen molar-refractivity contribution >= 4 is 27.5 Å². The number of hydrogen-bond donors (Lipinski definition) is 2. The van der Waals surface area contributed by atoms with Gasteiger partial charge < -0.3 is 10.5 Å². The first kappa shape index (κ1) is 25.8. The Balaban J connectivity index is 2.27. The molecule has 0 radical (unpaired) electrons. The van der Waals surface area contributed by atoms with E-state index in [0.29, 0.717) is 23.6 Å². The van der Waals surface area contributed by atoms with Gasteiger partial charge in [-0.3, -0.25) is 4.72 Å². The highest BCUT2D eigenvalue weighted by Crippen LogP contribution is 2.34. The van der Waals surface area contributed by atoms with Gasteiger partial charge in [-0.15, -0.1) is 24.9 Å². The monoisotopic (exact) mass is 492 g/mol. The van der Waals surface area contributed by atoms with E-state index in [0.717, 1.165) is 24.3 Å². The molecule has 0 aromatic heterocycles. The third-order valence-corrected chi connectivity index (χ3v) is 6.70. The molecule has 3 N–H and O–H groups in total. The Morgan fingerprint density at radius 3 is 2.62 bits per heavy atom. The van der Waals surface area contributed by atoms with E-state index in [9.17, 15) is 26.0 Å². The first-order valence-corrected chi connectivity index (χ1v) is 11.9. The molecule has 0 fully saturated rings. The lowest BCUT2D eigenvalue weighted by molar-refractivity contribution is -0.303. The average Bonchev–Trinajstić information content (AvgIpc) is 2.94. The Kier molecular flexibility index (Phi) is 8.39. The molecule has 0 amide bonds. The van der Waals surface area contributed by atoms with Gasteiger partial charge in [-0.1, -0.05) is 10.9 Å². The molecule has 1 aromatic rings. The number of nitrogens with two attached hydrogens (primary N) is 1. The predicted octanol–water partition coefficient (Wildman–Crippen LogP) is 5.05. The van der Waals surface area contributed by atoms with Crippen molar-refractivity contribution in [2.45, 2.75) is 31.7 Å². The minimum Gasteiger partial charge on any atom is -0.406 e. The summed E-state index contributed by atoms with van der Waals surface area (Å²) in [7, 11) is -4.31. The Morgan fingerprint density at radius 1 is 1.28 bits per heavy atom. The van der Waals surface area contributed by atoms with Crippen LogP contribution in [0.4, 0.5) is 23.2 Å². The van der Waals surface area contributed by atoms with Crippen molar-refractivity contribution in [3.05, 3.63) is 69.4 Å². The molecule has 1 aliphatic rings. The van der Waals surface area contributed by atoms with E-state index in [4.69, 9.17) is 12.3 Å². The number of anilines is 1. The van der Waals surface area contributed by atoms with Crippen molar-refractivity contribution < 1.29 is 30.7 Å². The number of benzene rings is 1. The van der Waals surface area contributed by atoms with Crippen molar-refractivity contribution in [2.75, 3.05) is 16.4 Å². The molecule has 0 bridgehead atoms. The van der Waals surface area contributed by atoms with Crippen LogP contribution in [-0.4, -0.2) is 26.4 Å². The van der Waals surface area contributed by atoms with E-state index in [1.165, 1.54) is 30.0 Å². The van der Waals surface area contributed by atoms with Crippen molar-refractivity contribution in [3.63, 3.8) is 0 Å². The predicted molar refractivity (Wildman–Crippen MR) is 118 cm³/mol. The van der Waals surface area contributed by atoms with Crippen LogP contribution in [0.3, 0.4) is 0 Å². The molecule has 1 unspecified atom stereocenters. The number of sulfonamides is 1. The fourth-order valence-electron chi connectivity index (χ4n) is 2.78. The molecule has 0 heterocycles.